The lowest BCUT2D eigenvalue weighted by atomic mass is 9.89. The van der Waals surface area contributed by atoms with Gasteiger partial charge in [0.2, 0.25) is 0 Å². The SMILES string of the molecule is CC(C)[C@@H]1CCC[C@@H](NC(=O)N2C[C@@H](O)C[C@H]2CO)CC1. The topological polar surface area (TPSA) is 72.8 Å². The number of hydrogen-bond acceptors (Lipinski definition) is 3. The minimum atomic E-state index is -0.507. The van der Waals surface area contributed by atoms with E-state index in [1.54, 1.807) is 4.90 Å². The number of nitrogens with zero attached hydrogens (tertiary/aromatic N) is 1. The van der Waals surface area contributed by atoms with Crippen LogP contribution in [0.5, 0.6) is 0 Å². The smallest absolute Gasteiger partial charge is 0.318 e. The molecule has 3 N–H and O–H groups in total. The predicted molar refractivity (Wildman–Crippen MR) is 81.9 cm³/mol. The highest BCUT2D eigenvalue weighted by Crippen LogP contribution is 2.29. The van der Waals surface area contributed by atoms with Crippen LogP contribution in [0.4, 0.5) is 4.79 Å². The van der Waals surface area contributed by atoms with Crippen molar-refractivity contribution >= 4 is 6.03 Å². The molecule has 122 valence electrons. The Morgan fingerprint density at radius 3 is 2.71 bits per heavy atom. The lowest BCUT2D eigenvalue weighted by Gasteiger charge is -2.26. The summed E-state index contributed by atoms with van der Waals surface area (Å²) < 4.78 is 0. The molecule has 4 atom stereocenters. The van der Waals surface area contributed by atoms with E-state index in [-0.39, 0.29) is 24.7 Å². The number of amides is 2. The maximum Gasteiger partial charge on any atom is 0.318 e. The monoisotopic (exact) mass is 298 g/mol. The van der Waals surface area contributed by atoms with E-state index in [2.05, 4.69) is 19.2 Å². The quantitative estimate of drug-likeness (QED) is 0.695. The van der Waals surface area contributed by atoms with Crippen LogP contribution in [0.1, 0.15) is 52.4 Å². The van der Waals surface area contributed by atoms with Crippen molar-refractivity contribution < 1.29 is 15.0 Å². The van der Waals surface area contributed by atoms with E-state index in [4.69, 9.17) is 0 Å². The summed E-state index contributed by atoms with van der Waals surface area (Å²) in [6.07, 6.45) is 5.64. The third-order valence-corrected chi connectivity index (χ3v) is 5.15. The summed E-state index contributed by atoms with van der Waals surface area (Å²) in [4.78, 5) is 13.9. The number of hydrogen-bond donors (Lipinski definition) is 3. The van der Waals surface area contributed by atoms with Crippen LogP contribution in [0.15, 0.2) is 0 Å². The molecule has 1 saturated heterocycles. The molecule has 0 unspecified atom stereocenters. The fraction of sp³-hybridized carbons (Fsp3) is 0.938. The lowest BCUT2D eigenvalue weighted by molar-refractivity contribution is 0.151. The zero-order valence-corrected chi connectivity index (χ0v) is 13.3. The summed E-state index contributed by atoms with van der Waals surface area (Å²) in [6.45, 7) is 4.81. The number of carbonyl (C=O) groups is 1. The lowest BCUT2D eigenvalue weighted by Crippen LogP contribution is -2.48. The molecule has 2 rings (SSSR count). The van der Waals surface area contributed by atoms with Crippen LogP contribution in [0.2, 0.25) is 0 Å². The summed E-state index contributed by atoms with van der Waals surface area (Å²) in [5.41, 5.74) is 0. The van der Waals surface area contributed by atoms with Crippen LogP contribution in [-0.4, -0.2) is 52.5 Å². The molecule has 1 heterocycles. The van der Waals surface area contributed by atoms with Gasteiger partial charge in [-0.15, -0.1) is 0 Å². The molecule has 5 nitrogen and oxygen atoms in total. The minimum Gasteiger partial charge on any atom is -0.394 e. The first-order valence-corrected chi connectivity index (χ1v) is 8.37. The molecule has 0 aromatic rings. The maximum atomic E-state index is 12.3. The third kappa shape index (κ3) is 4.33. The predicted octanol–water partition coefficient (Wildman–Crippen LogP) is 1.73. The Kier molecular flexibility index (Phi) is 5.88. The van der Waals surface area contributed by atoms with Crippen molar-refractivity contribution in [3.8, 4) is 0 Å². The van der Waals surface area contributed by atoms with Crippen molar-refractivity contribution in [2.45, 2.75) is 70.6 Å². The number of rotatable bonds is 3. The molecule has 2 amide bonds. The van der Waals surface area contributed by atoms with Crippen LogP contribution < -0.4 is 5.32 Å². The van der Waals surface area contributed by atoms with Crippen molar-refractivity contribution in [3.05, 3.63) is 0 Å². The third-order valence-electron chi connectivity index (χ3n) is 5.15. The van der Waals surface area contributed by atoms with E-state index in [1.165, 1.54) is 19.3 Å². The molecule has 0 bridgehead atoms. The standard InChI is InChI=1S/C16H30N2O3/c1-11(2)12-4-3-5-13(7-6-12)17-16(21)18-9-15(20)8-14(18)10-19/h11-15,19-20H,3-10H2,1-2H3,(H,17,21)/t12-,13-,14+,15+/m1/s1. The zero-order chi connectivity index (χ0) is 15.4. The van der Waals surface area contributed by atoms with Crippen LogP contribution in [0.25, 0.3) is 0 Å². The molecule has 1 aliphatic heterocycles. The molecule has 0 aromatic carbocycles. The molecule has 0 radical (unpaired) electrons. The number of aliphatic hydroxyl groups is 2. The van der Waals surface area contributed by atoms with E-state index in [9.17, 15) is 15.0 Å². The Bertz CT molecular complexity index is 348. The Balaban J connectivity index is 1.85. The second kappa shape index (κ2) is 7.45. The van der Waals surface area contributed by atoms with E-state index < -0.39 is 6.10 Å². The molecule has 1 aliphatic carbocycles. The summed E-state index contributed by atoms with van der Waals surface area (Å²) in [7, 11) is 0. The first-order chi connectivity index (χ1) is 10.0. The molecular weight excluding hydrogens is 268 g/mol. The van der Waals surface area contributed by atoms with Gasteiger partial charge in [-0.2, -0.15) is 0 Å². The number of urea groups is 1. The van der Waals surface area contributed by atoms with Crippen LogP contribution in [0, 0.1) is 11.8 Å². The molecule has 2 fully saturated rings. The van der Waals surface area contributed by atoms with Gasteiger partial charge in [-0.25, -0.2) is 4.79 Å². The highest BCUT2D eigenvalue weighted by molar-refractivity contribution is 5.75. The highest BCUT2D eigenvalue weighted by atomic mass is 16.3. The average molecular weight is 298 g/mol. The van der Waals surface area contributed by atoms with Crippen molar-refractivity contribution in [1.82, 2.24) is 10.2 Å². The molecule has 5 heteroatoms. The van der Waals surface area contributed by atoms with Gasteiger partial charge < -0.3 is 20.4 Å². The fourth-order valence-corrected chi connectivity index (χ4v) is 3.71. The largest absolute Gasteiger partial charge is 0.394 e. The van der Waals surface area contributed by atoms with E-state index in [0.717, 1.165) is 18.8 Å². The summed E-state index contributed by atoms with van der Waals surface area (Å²) >= 11 is 0. The summed E-state index contributed by atoms with van der Waals surface area (Å²) in [5, 5.41) is 22.1. The Labute approximate surface area is 127 Å². The Hall–Kier alpha value is -0.810. The van der Waals surface area contributed by atoms with Gasteiger partial charge in [-0.3, -0.25) is 0 Å². The van der Waals surface area contributed by atoms with Gasteiger partial charge >= 0.3 is 6.03 Å². The normalized spacial score (nSPS) is 34.0. The van der Waals surface area contributed by atoms with Crippen molar-refractivity contribution in [3.63, 3.8) is 0 Å². The molecule has 1 saturated carbocycles. The second-order valence-electron chi connectivity index (χ2n) is 7.04. The molecular formula is C16H30N2O3. The maximum absolute atomic E-state index is 12.3. The first-order valence-electron chi connectivity index (χ1n) is 8.37. The first kappa shape index (κ1) is 16.6. The average Bonchev–Trinajstić information content (AvgIpc) is 2.67. The fourth-order valence-electron chi connectivity index (χ4n) is 3.71. The minimum absolute atomic E-state index is 0.0788. The molecule has 2 aliphatic rings. The van der Waals surface area contributed by atoms with Gasteiger partial charge in [0.15, 0.2) is 0 Å². The van der Waals surface area contributed by atoms with Crippen molar-refractivity contribution in [1.29, 1.82) is 0 Å². The Morgan fingerprint density at radius 2 is 2.05 bits per heavy atom. The van der Waals surface area contributed by atoms with Gasteiger partial charge in [0.05, 0.1) is 18.8 Å². The number of likely N-dealkylation sites (tertiary alicyclic amines) is 1. The Morgan fingerprint density at radius 1 is 1.29 bits per heavy atom. The number of carbonyl (C=O) groups excluding carboxylic acids is 1. The molecule has 21 heavy (non-hydrogen) atoms. The van der Waals surface area contributed by atoms with Gasteiger partial charge in [0.1, 0.15) is 0 Å². The van der Waals surface area contributed by atoms with E-state index in [1.807, 2.05) is 0 Å². The van der Waals surface area contributed by atoms with Gasteiger partial charge in [-0.05, 0) is 37.5 Å². The van der Waals surface area contributed by atoms with Crippen LogP contribution in [0.3, 0.4) is 0 Å². The van der Waals surface area contributed by atoms with Gasteiger partial charge in [0.25, 0.3) is 0 Å². The van der Waals surface area contributed by atoms with Gasteiger partial charge in [0, 0.05) is 12.6 Å². The molecule has 0 aromatic heterocycles. The summed E-state index contributed by atoms with van der Waals surface area (Å²) in [6, 6.07) is -0.133. The highest BCUT2D eigenvalue weighted by Gasteiger charge is 2.34. The van der Waals surface area contributed by atoms with E-state index in [0.29, 0.717) is 18.9 Å². The summed E-state index contributed by atoms with van der Waals surface area (Å²) in [5.74, 6) is 1.48. The molecule has 0 spiro atoms. The number of aliphatic hydroxyl groups excluding tert-OH is 2. The second-order valence-corrected chi connectivity index (χ2v) is 7.04. The van der Waals surface area contributed by atoms with Crippen LogP contribution >= 0.6 is 0 Å². The van der Waals surface area contributed by atoms with Crippen molar-refractivity contribution in [2.24, 2.45) is 11.8 Å². The van der Waals surface area contributed by atoms with Gasteiger partial charge in [-0.1, -0.05) is 26.7 Å². The van der Waals surface area contributed by atoms with E-state index >= 15 is 0 Å². The number of nitrogens with one attached hydrogen (secondary N) is 1. The number of β-amino-alcohol motifs (C(OH)–C–C–N with tert-alkyl or cyclic N) is 1. The zero-order valence-electron chi connectivity index (χ0n) is 13.3. The van der Waals surface area contributed by atoms with Crippen LogP contribution in [-0.2, 0) is 0 Å². The van der Waals surface area contributed by atoms with Crippen molar-refractivity contribution in [2.75, 3.05) is 13.2 Å².